The zero-order valence-electron chi connectivity index (χ0n) is 30.7. The number of carbonyl (C=O) groups excluding carboxylic acids is 1. The molecule has 0 spiro atoms. The van der Waals surface area contributed by atoms with Gasteiger partial charge in [-0.3, -0.25) is 0 Å². The molecule has 1 aliphatic rings. The molecule has 1 saturated heterocycles. The third-order valence-corrected chi connectivity index (χ3v) is 12.0. The highest BCUT2D eigenvalue weighted by Gasteiger charge is 2.38. The Labute approximate surface area is 334 Å². The molecule has 7 aromatic rings. The molecule has 0 radical (unpaired) electrons. The van der Waals surface area contributed by atoms with Gasteiger partial charge in [-0.05, 0) is 82.4 Å². The number of ether oxygens (including phenoxy) is 3. The monoisotopic (exact) mass is 779 g/mol. The fourth-order valence-electron chi connectivity index (χ4n) is 6.66. The van der Waals surface area contributed by atoms with Crippen LogP contribution in [0.1, 0.15) is 41.6 Å². The van der Waals surface area contributed by atoms with Crippen LogP contribution >= 0.6 is 23.1 Å². The minimum absolute atomic E-state index is 0.00274. The summed E-state index contributed by atoms with van der Waals surface area (Å²) in [5.74, 6) is 2.25. The molecular weight excluding hydrogens is 739 g/mol. The maximum Gasteiger partial charge on any atom is 0.319 e. The number of thiazole rings is 1. The number of nitrogens with one attached hydrogen (secondary N) is 2. The molecule has 8 nitrogen and oxygen atoms in total. The van der Waals surface area contributed by atoms with Gasteiger partial charge in [0.2, 0.25) is 0 Å². The second-order valence-corrected chi connectivity index (χ2v) is 15.9. The summed E-state index contributed by atoms with van der Waals surface area (Å²) in [7, 11) is 0. The first-order valence-electron chi connectivity index (χ1n) is 18.5. The summed E-state index contributed by atoms with van der Waals surface area (Å²) in [6, 6.07) is 49.2. The van der Waals surface area contributed by atoms with Crippen molar-refractivity contribution in [2.75, 3.05) is 11.1 Å². The molecule has 4 atom stereocenters. The molecule has 1 aromatic heterocycles. The first-order valence-corrected chi connectivity index (χ1v) is 20.3. The number of aliphatic hydroxyl groups excluding tert-OH is 1. The lowest BCUT2D eigenvalue weighted by Gasteiger charge is -2.41. The van der Waals surface area contributed by atoms with Gasteiger partial charge in [0.1, 0.15) is 11.5 Å². The quantitative estimate of drug-likeness (QED) is 0.106. The van der Waals surface area contributed by atoms with Crippen LogP contribution < -0.4 is 15.4 Å². The summed E-state index contributed by atoms with van der Waals surface area (Å²) >= 11 is 3.43. The van der Waals surface area contributed by atoms with Crippen molar-refractivity contribution in [2.24, 2.45) is 5.92 Å². The molecule has 282 valence electrons. The smallest absolute Gasteiger partial charge is 0.319 e. The van der Waals surface area contributed by atoms with E-state index in [1.54, 1.807) is 23.1 Å². The van der Waals surface area contributed by atoms with Gasteiger partial charge in [0.25, 0.3) is 0 Å². The average molecular weight is 780 g/mol. The van der Waals surface area contributed by atoms with E-state index in [9.17, 15) is 9.90 Å². The van der Waals surface area contributed by atoms with Gasteiger partial charge in [-0.15, -0.1) is 11.3 Å². The molecule has 1 aliphatic heterocycles. The number of urea groups is 1. The Morgan fingerprint density at radius 3 is 2.27 bits per heavy atom. The van der Waals surface area contributed by atoms with Crippen LogP contribution in [0.2, 0.25) is 0 Å². The van der Waals surface area contributed by atoms with Gasteiger partial charge in [-0.2, -0.15) is 0 Å². The molecule has 10 heteroatoms. The Morgan fingerprint density at radius 2 is 1.50 bits per heavy atom. The van der Waals surface area contributed by atoms with E-state index in [4.69, 9.17) is 19.2 Å². The number of rotatable bonds is 12. The number of nitrogens with zero attached hydrogens (tertiary/aromatic N) is 1. The molecule has 4 unspecified atom stereocenters. The molecule has 2 heterocycles. The van der Waals surface area contributed by atoms with E-state index in [1.807, 2.05) is 109 Å². The molecule has 8 rings (SSSR count). The van der Waals surface area contributed by atoms with Crippen molar-refractivity contribution in [3.63, 3.8) is 0 Å². The lowest BCUT2D eigenvalue weighted by Crippen LogP contribution is -2.38. The highest BCUT2D eigenvalue weighted by Crippen LogP contribution is 2.44. The maximum atomic E-state index is 12.7. The lowest BCUT2D eigenvalue weighted by molar-refractivity contribution is -0.268. The lowest BCUT2D eigenvalue weighted by atomic mass is 9.91. The van der Waals surface area contributed by atoms with Crippen molar-refractivity contribution in [3.05, 3.63) is 174 Å². The van der Waals surface area contributed by atoms with Crippen molar-refractivity contribution in [1.82, 2.24) is 10.3 Å². The summed E-state index contributed by atoms with van der Waals surface area (Å²) in [6.07, 6.45) is -0.857. The van der Waals surface area contributed by atoms with E-state index in [-0.39, 0.29) is 30.8 Å². The third kappa shape index (κ3) is 9.13. The molecule has 6 aromatic carbocycles. The zero-order chi connectivity index (χ0) is 38.3. The number of thioether (sulfide) groups is 1. The van der Waals surface area contributed by atoms with E-state index in [0.29, 0.717) is 18.0 Å². The number of fused-ring (bicyclic) bond motifs is 1. The topological polar surface area (TPSA) is 102 Å². The van der Waals surface area contributed by atoms with Gasteiger partial charge in [0, 0.05) is 29.5 Å². The predicted octanol–water partition coefficient (Wildman–Crippen LogP) is 11.2. The maximum absolute atomic E-state index is 12.7. The van der Waals surface area contributed by atoms with Gasteiger partial charge < -0.3 is 30.0 Å². The molecule has 1 fully saturated rings. The van der Waals surface area contributed by atoms with Gasteiger partial charge in [-0.1, -0.05) is 116 Å². The van der Waals surface area contributed by atoms with E-state index < -0.39 is 6.29 Å². The summed E-state index contributed by atoms with van der Waals surface area (Å²) < 4.78 is 21.5. The highest BCUT2D eigenvalue weighted by atomic mass is 32.2. The summed E-state index contributed by atoms with van der Waals surface area (Å²) in [5.41, 5.74) is 7.59. The summed E-state index contributed by atoms with van der Waals surface area (Å²) in [5, 5.41) is 15.5. The van der Waals surface area contributed by atoms with Crippen LogP contribution in [0, 0.1) is 5.92 Å². The van der Waals surface area contributed by atoms with Crippen molar-refractivity contribution < 1.29 is 24.1 Å². The normalized spacial score (nSPS) is 18.0. The predicted molar refractivity (Wildman–Crippen MR) is 224 cm³/mol. The van der Waals surface area contributed by atoms with Crippen LogP contribution in [0.25, 0.3) is 21.3 Å². The fraction of sp³-hybridized carbons (Fsp3) is 0.174. The second kappa shape index (κ2) is 17.5. The Kier molecular flexibility index (Phi) is 11.7. The van der Waals surface area contributed by atoms with Gasteiger partial charge in [0.15, 0.2) is 10.6 Å². The number of anilines is 1. The number of benzene rings is 6. The Hall–Kier alpha value is -5.49. The van der Waals surface area contributed by atoms with Crippen molar-refractivity contribution in [1.29, 1.82) is 0 Å². The van der Waals surface area contributed by atoms with E-state index in [0.717, 1.165) is 54.7 Å². The largest absolute Gasteiger partial charge is 0.457 e. The number of hydrogen-bond acceptors (Lipinski definition) is 8. The highest BCUT2D eigenvalue weighted by molar-refractivity contribution is 8.01. The second-order valence-electron chi connectivity index (χ2n) is 13.7. The van der Waals surface area contributed by atoms with Gasteiger partial charge >= 0.3 is 6.03 Å². The number of aliphatic hydroxyl groups is 1. The van der Waals surface area contributed by atoms with Crippen LogP contribution in [0.5, 0.6) is 11.5 Å². The Morgan fingerprint density at radius 1 is 0.768 bits per heavy atom. The van der Waals surface area contributed by atoms with Crippen LogP contribution in [0.3, 0.4) is 0 Å². The molecule has 0 saturated carbocycles. The minimum Gasteiger partial charge on any atom is -0.457 e. The van der Waals surface area contributed by atoms with Crippen molar-refractivity contribution >= 4 is 45.0 Å². The number of para-hydroxylation sites is 2. The first-order chi connectivity index (χ1) is 27.5. The van der Waals surface area contributed by atoms with Crippen LogP contribution in [0.4, 0.5) is 10.5 Å². The first kappa shape index (κ1) is 37.4. The molecule has 56 heavy (non-hydrogen) atoms. The van der Waals surface area contributed by atoms with Gasteiger partial charge in [-0.25, -0.2) is 9.78 Å². The summed E-state index contributed by atoms with van der Waals surface area (Å²) in [4.78, 5) is 17.6. The SMILES string of the molecule is CC1C(CSc2nc3ccccc3s2)OC(c2ccc(-c3cccc(CNC(=O)Nc4ccc(Oc5ccccc5)cc4)c3)cc2)OC1c1ccc(CO)cc1. The fourth-order valence-corrected chi connectivity index (χ4v) is 8.92. The van der Waals surface area contributed by atoms with Crippen LogP contribution in [0.15, 0.2) is 156 Å². The number of amides is 2. The number of hydrogen-bond donors (Lipinski definition) is 3. The minimum atomic E-state index is -0.564. The Bertz CT molecular complexity index is 2340. The molecular formula is C46H41N3O5S2. The molecule has 2 amide bonds. The Balaban J connectivity index is 0.913. The number of carbonyl (C=O) groups is 1. The van der Waals surface area contributed by atoms with Gasteiger partial charge in [0.05, 0.1) is 29.0 Å². The third-order valence-electron chi connectivity index (χ3n) is 9.76. The van der Waals surface area contributed by atoms with E-state index >= 15 is 0 Å². The van der Waals surface area contributed by atoms with Crippen LogP contribution in [-0.4, -0.2) is 28.0 Å². The molecule has 3 N–H and O–H groups in total. The number of aromatic nitrogens is 1. The van der Waals surface area contributed by atoms with E-state index in [2.05, 4.69) is 60.0 Å². The molecule has 0 bridgehead atoms. The standard InChI is InChI=1S/C46H41N3O5S2/c1-30-41(29-55-46-49-40-12-5-6-13-42(40)56-46)53-44(54-43(30)34-16-14-31(28-50)15-17-34)35-20-18-33(19-21-35)36-9-7-8-32(26-36)27-47-45(51)48-37-22-24-39(25-23-37)52-38-10-3-2-4-11-38/h2-26,30,41,43-44,50H,27-29H2,1H3,(H2,47,48,51). The van der Waals surface area contributed by atoms with Crippen LogP contribution in [-0.2, 0) is 22.6 Å². The zero-order valence-corrected chi connectivity index (χ0v) is 32.3. The van der Waals surface area contributed by atoms with Crippen molar-refractivity contribution in [2.45, 2.75) is 42.9 Å². The molecule has 0 aliphatic carbocycles. The average Bonchev–Trinajstić information content (AvgIpc) is 3.67. The summed E-state index contributed by atoms with van der Waals surface area (Å²) in [6.45, 7) is 2.54. The van der Waals surface area contributed by atoms with E-state index in [1.165, 1.54) is 4.70 Å². The van der Waals surface area contributed by atoms with Crippen molar-refractivity contribution in [3.8, 4) is 22.6 Å².